The van der Waals surface area contributed by atoms with E-state index in [1.54, 1.807) is 12.3 Å². The summed E-state index contributed by atoms with van der Waals surface area (Å²) in [5, 5.41) is 3.13. The molecule has 0 amide bonds. The van der Waals surface area contributed by atoms with Crippen molar-refractivity contribution in [2.45, 2.75) is 26.5 Å². The van der Waals surface area contributed by atoms with Gasteiger partial charge in [0.25, 0.3) is 0 Å². The highest BCUT2D eigenvalue weighted by atomic mass is 16.5. The summed E-state index contributed by atoms with van der Waals surface area (Å²) in [5.41, 5.74) is 7.57. The molecule has 0 bridgehead atoms. The van der Waals surface area contributed by atoms with Gasteiger partial charge in [0.05, 0.1) is 6.10 Å². The van der Waals surface area contributed by atoms with Crippen LogP contribution in [0.4, 0.5) is 11.6 Å². The third-order valence-electron chi connectivity index (χ3n) is 2.41. The zero-order chi connectivity index (χ0) is 13.7. The zero-order valence-electron chi connectivity index (χ0n) is 11.1. The van der Waals surface area contributed by atoms with E-state index in [1.165, 1.54) is 0 Å². The van der Waals surface area contributed by atoms with Crippen LogP contribution in [0, 0.1) is 0 Å². The van der Waals surface area contributed by atoms with E-state index in [2.05, 4.69) is 15.3 Å². The number of hydrogen-bond donors (Lipinski definition) is 2. The molecule has 19 heavy (non-hydrogen) atoms. The molecule has 5 nitrogen and oxygen atoms in total. The predicted molar refractivity (Wildman–Crippen MR) is 75.4 cm³/mol. The molecule has 0 unspecified atom stereocenters. The Labute approximate surface area is 112 Å². The number of rotatable bonds is 5. The summed E-state index contributed by atoms with van der Waals surface area (Å²) >= 11 is 0. The van der Waals surface area contributed by atoms with Gasteiger partial charge in [-0.3, -0.25) is 0 Å². The number of aromatic nitrogens is 2. The lowest BCUT2D eigenvalue weighted by molar-refractivity contribution is 0.232. The van der Waals surface area contributed by atoms with Crippen molar-refractivity contribution in [3.8, 4) is 5.88 Å². The van der Waals surface area contributed by atoms with Crippen LogP contribution in [-0.2, 0) is 6.54 Å². The van der Waals surface area contributed by atoms with Gasteiger partial charge in [-0.05, 0) is 31.5 Å². The van der Waals surface area contributed by atoms with Crippen LogP contribution in [0.2, 0.25) is 0 Å². The minimum atomic E-state index is 0.0864. The molecule has 0 spiro atoms. The van der Waals surface area contributed by atoms with Crippen molar-refractivity contribution >= 4 is 11.6 Å². The topological polar surface area (TPSA) is 73.1 Å². The van der Waals surface area contributed by atoms with E-state index in [0.29, 0.717) is 18.4 Å². The van der Waals surface area contributed by atoms with Crippen molar-refractivity contribution in [2.75, 3.05) is 5.32 Å². The average molecular weight is 258 g/mol. The zero-order valence-corrected chi connectivity index (χ0v) is 11.1. The van der Waals surface area contributed by atoms with E-state index >= 15 is 0 Å². The Bertz CT molecular complexity index is 542. The van der Waals surface area contributed by atoms with Crippen molar-refractivity contribution in [3.05, 3.63) is 42.1 Å². The highest BCUT2D eigenvalue weighted by molar-refractivity contribution is 5.54. The fourth-order valence-corrected chi connectivity index (χ4v) is 1.61. The largest absolute Gasteiger partial charge is 0.475 e. The van der Waals surface area contributed by atoms with Crippen molar-refractivity contribution in [1.29, 1.82) is 0 Å². The van der Waals surface area contributed by atoms with Crippen LogP contribution in [0.5, 0.6) is 5.88 Å². The van der Waals surface area contributed by atoms with Crippen molar-refractivity contribution < 1.29 is 4.74 Å². The van der Waals surface area contributed by atoms with Crippen LogP contribution in [-0.4, -0.2) is 16.1 Å². The molecule has 1 aromatic carbocycles. The number of nitrogens with two attached hydrogens (primary N) is 1. The van der Waals surface area contributed by atoms with Crippen LogP contribution in [0.15, 0.2) is 36.5 Å². The Balaban J connectivity index is 2.13. The van der Waals surface area contributed by atoms with Crippen molar-refractivity contribution in [1.82, 2.24) is 9.97 Å². The fraction of sp³-hybridized carbons (Fsp3) is 0.286. The summed E-state index contributed by atoms with van der Waals surface area (Å²) in [7, 11) is 0. The Kier molecular flexibility index (Phi) is 4.30. The van der Waals surface area contributed by atoms with Gasteiger partial charge in [0.15, 0.2) is 0 Å². The van der Waals surface area contributed by atoms with Crippen LogP contribution in [0.25, 0.3) is 0 Å². The summed E-state index contributed by atoms with van der Waals surface area (Å²) < 4.78 is 5.53. The molecule has 5 heteroatoms. The second-order valence-electron chi connectivity index (χ2n) is 4.41. The minimum Gasteiger partial charge on any atom is -0.475 e. The molecule has 0 aliphatic heterocycles. The minimum absolute atomic E-state index is 0.0864. The highest BCUT2D eigenvalue weighted by Crippen LogP contribution is 2.16. The highest BCUT2D eigenvalue weighted by Gasteiger charge is 2.03. The van der Waals surface area contributed by atoms with E-state index in [4.69, 9.17) is 10.5 Å². The molecule has 0 fully saturated rings. The van der Waals surface area contributed by atoms with E-state index in [-0.39, 0.29) is 6.10 Å². The third kappa shape index (κ3) is 3.93. The molecule has 0 aliphatic rings. The Morgan fingerprint density at radius 3 is 2.89 bits per heavy atom. The second kappa shape index (κ2) is 6.15. The number of hydrogen-bond acceptors (Lipinski definition) is 5. The van der Waals surface area contributed by atoms with Gasteiger partial charge in [0.1, 0.15) is 0 Å². The van der Waals surface area contributed by atoms with Gasteiger partial charge in [0.2, 0.25) is 11.8 Å². The van der Waals surface area contributed by atoms with Crippen LogP contribution < -0.4 is 15.8 Å². The summed E-state index contributed by atoms with van der Waals surface area (Å²) in [6.07, 6.45) is 1.75. The van der Waals surface area contributed by atoms with E-state index < -0.39 is 0 Å². The Morgan fingerprint density at radius 1 is 1.32 bits per heavy atom. The number of ether oxygens (including phenoxy) is 1. The lowest BCUT2D eigenvalue weighted by Gasteiger charge is -2.10. The molecule has 2 aromatic rings. The molecule has 1 aromatic heterocycles. The summed E-state index contributed by atoms with van der Waals surface area (Å²) in [6.45, 7) is 4.42. The number of nitrogens with one attached hydrogen (secondary N) is 1. The van der Waals surface area contributed by atoms with Gasteiger partial charge in [-0.25, -0.2) is 4.98 Å². The average Bonchev–Trinajstić information content (AvgIpc) is 2.38. The maximum absolute atomic E-state index is 5.61. The van der Waals surface area contributed by atoms with Gasteiger partial charge < -0.3 is 15.8 Å². The molecule has 3 N–H and O–H groups in total. The first-order valence-electron chi connectivity index (χ1n) is 6.23. The third-order valence-corrected chi connectivity index (χ3v) is 2.41. The van der Waals surface area contributed by atoms with Crippen LogP contribution in [0.1, 0.15) is 19.4 Å². The number of benzene rings is 1. The molecule has 2 rings (SSSR count). The van der Waals surface area contributed by atoms with Gasteiger partial charge >= 0.3 is 0 Å². The molecule has 0 atom stereocenters. The van der Waals surface area contributed by atoms with Gasteiger partial charge in [0, 0.05) is 24.5 Å². The van der Waals surface area contributed by atoms with Gasteiger partial charge in [-0.1, -0.05) is 12.1 Å². The number of nitrogens with zero attached hydrogens (tertiary/aromatic N) is 2. The van der Waals surface area contributed by atoms with Crippen LogP contribution in [0.3, 0.4) is 0 Å². The molecule has 0 aliphatic carbocycles. The van der Waals surface area contributed by atoms with Crippen molar-refractivity contribution in [2.24, 2.45) is 5.73 Å². The molecular weight excluding hydrogens is 240 g/mol. The normalized spacial score (nSPS) is 10.5. The summed E-state index contributed by atoms with van der Waals surface area (Å²) in [6, 6.07) is 9.57. The second-order valence-corrected chi connectivity index (χ2v) is 4.41. The first kappa shape index (κ1) is 13.3. The number of anilines is 2. The van der Waals surface area contributed by atoms with Crippen molar-refractivity contribution in [3.63, 3.8) is 0 Å². The van der Waals surface area contributed by atoms with Crippen LogP contribution >= 0.6 is 0 Å². The Hall–Kier alpha value is -2.14. The predicted octanol–water partition coefficient (Wildman–Crippen LogP) is 2.47. The maximum Gasteiger partial charge on any atom is 0.230 e. The summed E-state index contributed by atoms with van der Waals surface area (Å²) in [4.78, 5) is 8.45. The first-order valence-corrected chi connectivity index (χ1v) is 6.23. The maximum atomic E-state index is 5.61. The lowest BCUT2D eigenvalue weighted by Crippen LogP contribution is -2.08. The quantitative estimate of drug-likeness (QED) is 0.861. The molecular formula is C14H18N4O. The van der Waals surface area contributed by atoms with Gasteiger partial charge in [-0.2, -0.15) is 4.98 Å². The molecule has 1 heterocycles. The first-order chi connectivity index (χ1) is 9.17. The van der Waals surface area contributed by atoms with Gasteiger partial charge in [-0.15, -0.1) is 0 Å². The summed E-state index contributed by atoms with van der Waals surface area (Å²) in [5.74, 6) is 1.06. The van der Waals surface area contributed by atoms with E-state index in [1.807, 2.05) is 38.1 Å². The standard InChI is InChI=1S/C14H18N4O/c1-10(2)19-13-6-7-16-14(18-13)17-12-5-3-4-11(8-12)9-15/h3-8,10H,9,15H2,1-2H3,(H,16,17,18). The molecule has 100 valence electrons. The molecule has 0 radical (unpaired) electrons. The lowest BCUT2D eigenvalue weighted by atomic mass is 10.2. The van der Waals surface area contributed by atoms with E-state index in [9.17, 15) is 0 Å². The molecule has 0 saturated heterocycles. The SMILES string of the molecule is CC(C)Oc1ccnc(Nc2cccc(CN)c2)n1. The monoisotopic (exact) mass is 258 g/mol. The molecule has 0 saturated carbocycles. The van der Waals surface area contributed by atoms with E-state index in [0.717, 1.165) is 11.3 Å². The fourth-order valence-electron chi connectivity index (χ4n) is 1.61. The smallest absolute Gasteiger partial charge is 0.230 e. The Morgan fingerprint density at radius 2 is 2.16 bits per heavy atom.